The number of hydrogen-bond acceptors (Lipinski definition) is 5. The number of hydrogen-bond donors (Lipinski definition) is 2. The van der Waals surface area contributed by atoms with Crippen molar-refractivity contribution in [3.05, 3.63) is 22.8 Å². The Morgan fingerprint density at radius 2 is 2.43 bits per heavy atom. The summed E-state index contributed by atoms with van der Waals surface area (Å²) in [7, 11) is 0. The Kier molecular flexibility index (Phi) is 3.67. The molecule has 0 unspecified atom stereocenters. The molecule has 0 aliphatic heterocycles. The van der Waals surface area contributed by atoms with E-state index in [1.807, 2.05) is 0 Å². The normalized spacial score (nSPS) is 9.64. The van der Waals surface area contributed by atoms with Crippen molar-refractivity contribution in [1.29, 1.82) is 0 Å². The Hall–Kier alpha value is -1.33. The predicted molar refractivity (Wildman–Crippen MR) is 53.0 cm³/mol. The standard InChI is InChI=1S/C8H10ClN3O2/c1-2-14-8(13)5-3-4-6(9)11-7(5)12-10/h3-4H,2,10H2,1H3,(H,11,12). The molecule has 0 aliphatic carbocycles. The zero-order chi connectivity index (χ0) is 10.6. The largest absolute Gasteiger partial charge is 0.462 e. The molecule has 6 heteroatoms. The van der Waals surface area contributed by atoms with Crippen LogP contribution in [0.1, 0.15) is 17.3 Å². The smallest absolute Gasteiger partial charge is 0.341 e. The minimum atomic E-state index is -0.482. The Morgan fingerprint density at radius 3 is 3.00 bits per heavy atom. The van der Waals surface area contributed by atoms with Crippen molar-refractivity contribution in [3.8, 4) is 0 Å². The van der Waals surface area contributed by atoms with Crippen molar-refractivity contribution in [3.63, 3.8) is 0 Å². The molecular formula is C8H10ClN3O2. The molecule has 0 aromatic carbocycles. The third-order valence-electron chi connectivity index (χ3n) is 1.49. The average Bonchev–Trinajstić information content (AvgIpc) is 2.17. The van der Waals surface area contributed by atoms with E-state index in [1.54, 1.807) is 6.92 Å². The van der Waals surface area contributed by atoms with E-state index >= 15 is 0 Å². The molecule has 3 N–H and O–H groups in total. The second kappa shape index (κ2) is 4.78. The summed E-state index contributed by atoms with van der Waals surface area (Å²) >= 11 is 5.62. The number of nitrogens with two attached hydrogens (primary N) is 1. The van der Waals surface area contributed by atoms with E-state index in [-0.39, 0.29) is 16.5 Å². The van der Waals surface area contributed by atoms with Gasteiger partial charge in [-0.25, -0.2) is 15.6 Å². The molecule has 0 aliphatic rings. The summed E-state index contributed by atoms with van der Waals surface area (Å²) in [6.45, 7) is 2.02. The molecule has 0 atom stereocenters. The highest BCUT2D eigenvalue weighted by atomic mass is 35.5. The number of nitrogen functional groups attached to an aromatic ring is 1. The molecule has 1 aromatic rings. The summed E-state index contributed by atoms with van der Waals surface area (Å²) in [5.41, 5.74) is 2.54. The summed E-state index contributed by atoms with van der Waals surface area (Å²) < 4.78 is 4.79. The van der Waals surface area contributed by atoms with Crippen molar-refractivity contribution in [2.75, 3.05) is 12.0 Å². The number of nitrogens with one attached hydrogen (secondary N) is 1. The summed E-state index contributed by atoms with van der Waals surface area (Å²) in [6, 6.07) is 3.00. The fourth-order valence-electron chi connectivity index (χ4n) is 0.919. The van der Waals surface area contributed by atoms with Gasteiger partial charge in [-0.15, -0.1) is 0 Å². The van der Waals surface area contributed by atoms with Crippen LogP contribution in [-0.4, -0.2) is 17.6 Å². The summed E-state index contributed by atoms with van der Waals surface area (Å²) in [5, 5.41) is 0.256. The van der Waals surface area contributed by atoms with Gasteiger partial charge in [0.15, 0.2) is 5.82 Å². The molecule has 1 aromatic heterocycles. The first-order valence-corrected chi connectivity index (χ1v) is 4.37. The lowest BCUT2D eigenvalue weighted by atomic mass is 10.2. The quantitative estimate of drug-likeness (QED) is 0.343. The summed E-state index contributed by atoms with van der Waals surface area (Å²) in [5.74, 6) is 4.90. The number of rotatable bonds is 3. The highest BCUT2D eigenvalue weighted by Gasteiger charge is 2.13. The van der Waals surface area contributed by atoms with Crippen molar-refractivity contribution < 1.29 is 9.53 Å². The molecule has 14 heavy (non-hydrogen) atoms. The Labute approximate surface area is 86.2 Å². The predicted octanol–water partition coefficient (Wildman–Crippen LogP) is 1.20. The number of pyridine rings is 1. The van der Waals surface area contributed by atoms with Gasteiger partial charge in [-0.2, -0.15) is 0 Å². The highest BCUT2D eigenvalue weighted by molar-refractivity contribution is 6.29. The van der Waals surface area contributed by atoms with E-state index in [1.165, 1.54) is 12.1 Å². The van der Waals surface area contributed by atoms with Crippen molar-refractivity contribution in [2.24, 2.45) is 5.84 Å². The molecule has 1 rings (SSSR count). The van der Waals surface area contributed by atoms with Crippen LogP contribution in [0.2, 0.25) is 5.15 Å². The lowest BCUT2D eigenvalue weighted by Gasteiger charge is -2.06. The van der Waals surface area contributed by atoms with E-state index in [0.29, 0.717) is 6.61 Å². The molecule has 0 spiro atoms. The van der Waals surface area contributed by atoms with Gasteiger partial charge in [0.1, 0.15) is 10.7 Å². The molecule has 0 bridgehead atoms. The lowest BCUT2D eigenvalue weighted by Crippen LogP contribution is -2.15. The van der Waals surface area contributed by atoms with Crippen molar-refractivity contribution in [2.45, 2.75) is 6.92 Å². The number of carbonyl (C=O) groups is 1. The molecular weight excluding hydrogens is 206 g/mol. The zero-order valence-corrected chi connectivity index (χ0v) is 8.34. The van der Waals surface area contributed by atoms with Crippen molar-refractivity contribution >= 4 is 23.4 Å². The molecule has 0 saturated carbocycles. The van der Waals surface area contributed by atoms with E-state index in [0.717, 1.165) is 0 Å². The zero-order valence-electron chi connectivity index (χ0n) is 7.58. The maximum Gasteiger partial charge on any atom is 0.341 e. The minimum absolute atomic E-state index is 0.205. The fraction of sp³-hybridized carbons (Fsp3) is 0.250. The number of hydrazine groups is 1. The molecule has 0 amide bonds. The van der Waals surface area contributed by atoms with Gasteiger partial charge in [0.05, 0.1) is 6.61 Å². The van der Waals surface area contributed by atoms with Crippen LogP contribution < -0.4 is 11.3 Å². The number of esters is 1. The van der Waals surface area contributed by atoms with Gasteiger partial charge in [-0.3, -0.25) is 0 Å². The van der Waals surface area contributed by atoms with Crippen LogP contribution in [0.4, 0.5) is 5.82 Å². The number of ether oxygens (including phenoxy) is 1. The molecule has 0 fully saturated rings. The van der Waals surface area contributed by atoms with Crippen molar-refractivity contribution in [1.82, 2.24) is 4.98 Å². The van der Waals surface area contributed by atoms with Gasteiger partial charge >= 0.3 is 5.97 Å². The number of nitrogens with zero attached hydrogens (tertiary/aromatic N) is 1. The van der Waals surface area contributed by atoms with E-state index in [4.69, 9.17) is 22.2 Å². The molecule has 5 nitrogen and oxygen atoms in total. The van der Waals surface area contributed by atoms with Crippen LogP contribution in [-0.2, 0) is 4.74 Å². The number of aromatic nitrogens is 1. The Morgan fingerprint density at radius 1 is 1.71 bits per heavy atom. The number of halogens is 1. The average molecular weight is 216 g/mol. The maximum atomic E-state index is 11.3. The van der Waals surface area contributed by atoms with E-state index in [2.05, 4.69) is 10.4 Å². The van der Waals surface area contributed by atoms with Crippen LogP contribution in [0.25, 0.3) is 0 Å². The fourth-order valence-corrected chi connectivity index (χ4v) is 1.07. The van der Waals surface area contributed by atoms with Crippen LogP contribution in [0.15, 0.2) is 12.1 Å². The van der Waals surface area contributed by atoms with E-state index in [9.17, 15) is 4.79 Å². The van der Waals surface area contributed by atoms with E-state index < -0.39 is 5.97 Å². The Bertz CT molecular complexity index is 343. The third kappa shape index (κ3) is 2.34. The first-order chi connectivity index (χ1) is 6.69. The molecule has 76 valence electrons. The molecule has 0 saturated heterocycles. The van der Waals surface area contributed by atoms with Gasteiger partial charge in [0.25, 0.3) is 0 Å². The number of anilines is 1. The second-order valence-electron chi connectivity index (χ2n) is 2.39. The first kappa shape index (κ1) is 10.7. The molecule has 1 heterocycles. The van der Waals surface area contributed by atoms with Crippen LogP contribution >= 0.6 is 11.6 Å². The monoisotopic (exact) mass is 215 g/mol. The lowest BCUT2D eigenvalue weighted by molar-refractivity contribution is 0.0527. The first-order valence-electron chi connectivity index (χ1n) is 3.99. The topological polar surface area (TPSA) is 77.2 Å². The third-order valence-corrected chi connectivity index (χ3v) is 1.70. The van der Waals surface area contributed by atoms with Gasteiger partial charge in [0, 0.05) is 0 Å². The van der Waals surface area contributed by atoms with Crippen LogP contribution in [0, 0.1) is 0 Å². The van der Waals surface area contributed by atoms with Gasteiger partial charge in [-0.1, -0.05) is 11.6 Å². The van der Waals surface area contributed by atoms with Crippen LogP contribution in [0.3, 0.4) is 0 Å². The highest BCUT2D eigenvalue weighted by Crippen LogP contribution is 2.16. The minimum Gasteiger partial charge on any atom is -0.462 e. The van der Waals surface area contributed by atoms with Gasteiger partial charge in [0.2, 0.25) is 0 Å². The summed E-state index contributed by atoms with van der Waals surface area (Å²) in [4.78, 5) is 15.2. The van der Waals surface area contributed by atoms with Crippen LogP contribution in [0.5, 0.6) is 0 Å². The Balaban J connectivity index is 3.01. The second-order valence-corrected chi connectivity index (χ2v) is 2.78. The SMILES string of the molecule is CCOC(=O)c1ccc(Cl)nc1NN. The number of carbonyl (C=O) groups excluding carboxylic acids is 1. The summed E-state index contributed by atoms with van der Waals surface area (Å²) in [6.07, 6.45) is 0. The molecule has 0 radical (unpaired) electrons. The van der Waals surface area contributed by atoms with Gasteiger partial charge in [-0.05, 0) is 19.1 Å². The van der Waals surface area contributed by atoms with Gasteiger partial charge < -0.3 is 10.2 Å². The maximum absolute atomic E-state index is 11.3.